The second kappa shape index (κ2) is 10.8. The Labute approximate surface area is 240 Å². The molecule has 220 valence electrons. The third kappa shape index (κ3) is 5.35. The van der Waals surface area contributed by atoms with E-state index in [4.69, 9.17) is 14.9 Å². The highest BCUT2D eigenvalue weighted by Crippen LogP contribution is 2.42. The van der Waals surface area contributed by atoms with Crippen LogP contribution < -0.4 is 15.1 Å². The summed E-state index contributed by atoms with van der Waals surface area (Å²) in [6.07, 6.45) is -2.99. The number of nitrogens with one attached hydrogen (secondary N) is 1. The maximum Gasteiger partial charge on any atom is 0.490 e. The normalized spacial score (nSPS) is 15.4. The largest absolute Gasteiger partial charge is 0.490 e. The predicted molar refractivity (Wildman–Crippen MR) is 146 cm³/mol. The number of carboxylic acids is 1. The molecule has 5 heterocycles. The average Bonchev–Trinajstić information content (AvgIpc) is 3.48. The number of pyridine rings is 1. The molecule has 0 amide bonds. The van der Waals surface area contributed by atoms with Crippen molar-refractivity contribution in [3.05, 3.63) is 58.7 Å². The van der Waals surface area contributed by atoms with Crippen molar-refractivity contribution in [3.63, 3.8) is 0 Å². The van der Waals surface area contributed by atoms with Crippen LogP contribution in [0.1, 0.15) is 17.5 Å². The third-order valence-electron chi connectivity index (χ3n) is 7.17. The molecule has 2 N–H and O–H groups in total. The van der Waals surface area contributed by atoms with Gasteiger partial charge in [0.25, 0.3) is 0 Å². The van der Waals surface area contributed by atoms with Gasteiger partial charge >= 0.3 is 12.1 Å². The highest BCUT2D eigenvalue weighted by atomic mass is 32.1. The smallest absolute Gasteiger partial charge is 0.475 e. The Kier molecular flexibility index (Phi) is 7.54. The van der Waals surface area contributed by atoms with Crippen molar-refractivity contribution in [2.24, 2.45) is 5.41 Å². The molecule has 2 fully saturated rings. The van der Waals surface area contributed by atoms with E-state index in [0.717, 1.165) is 43.1 Å². The van der Waals surface area contributed by atoms with Crippen LogP contribution in [0.15, 0.2) is 36.5 Å². The Morgan fingerprint density at radius 1 is 1.24 bits per heavy atom. The van der Waals surface area contributed by atoms with Gasteiger partial charge in [0.2, 0.25) is 0 Å². The fourth-order valence-electron chi connectivity index (χ4n) is 5.00. The lowest BCUT2D eigenvalue weighted by Gasteiger charge is -2.57. The molecule has 3 aromatic heterocycles. The van der Waals surface area contributed by atoms with Gasteiger partial charge in [-0.2, -0.15) is 23.5 Å². The van der Waals surface area contributed by atoms with Crippen LogP contribution in [0.2, 0.25) is 0 Å². The van der Waals surface area contributed by atoms with Crippen LogP contribution in [0.3, 0.4) is 0 Å². The van der Waals surface area contributed by atoms with Crippen LogP contribution in [0.25, 0.3) is 16.8 Å². The Balaban J connectivity index is 0.000000451. The van der Waals surface area contributed by atoms with E-state index in [1.165, 1.54) is 29.7 Å². The van der Waals surface area contributed by atoms with Crippen molar-refractivity contribution < 1.29 is 31.9 Å². The standard InChI is InChI=1S/C25H23F2N7S.C2HF3O2/c1-3-18-23(32(2)24-30-22(21(9-28)35-24)15-4-6-16(26)7-5-15)20-8-19(17(27)10-34(20)31-18)33-13-25(14-33)11-29-12-25;3-2(4,5)1(6)7/h4-8,10,29H,3,11-14H2,1-2H3;(H,6,7). The van der Waals surface area contributed by atoms with Gasteiger partial charge in [-0.25, -0.2) is 23.1 Å². The van der Waals surface area contributed by atoms with Crippen molar-refractivity contribution in [3.8, 4) is 17.3 Å². The van der Waals surface area contributed by atoms with E-state index in [-0.39, 0.29) is 17.0 Å². The summed E-state index contributed by atoms with van der Waals surface area (Å²) >= 11 is 1.26. The summed E-state index contributed by atoms with van der Waals surface area (Å²) in [5.74, 6) is -3.39. The number of hydrogen-bond donors (Lipinski definition) is 2. The summed E-state index contributed by atoms with van der Waals surface area (Å²) in [4.78, 5) is 18.1. The minimum Gasteiger partial charge on any atom is -0.475 e. The van der Waals surface area contributed by atoms with Gasteiger partial charge in [-0.05, 0) is 36.8 Å². The number of aliphatic carboxylic acids is 1. The molecule has 4 aromatic rings. The number of thiazole rings is 1. The first-order valence-corrected chi connectivity index (χ1v) is 13.5. The first kappa shape index (κ1) is 29.2. The Morgan fingerprint density at radius 3 is 2.40 bits per heavy atom. The number of aryl methyl sites for hydroxylation is 1. The van der Waals surface area contributed by atoms with E-state index in [0.29, 0.717) is 33.4 Å². The van der Waals surface area contributed by atoms with Gasteiger partial charge in [-0.15, -0.1) is 0 Å². The molecule has 0 saturated carbocycles. The van der Waals surface area contributed by atoms with Gasteiger partial charge < -0.3 is 20.2 Å². The van der Waals surface area contributed by atoms with E-state index in [9.17, 15) is 22.8 Å². The number of aromatic nitrogens is 3. The number of nitriles is 1. The van der Waals surface area contributed by atoms with E-state index in [1.54, 1.807) is 16.6 Å². The van der Waals surface area contributed by atoms with E-state index >= 15 is 4.39 Å². The molecule has 2 saturated heterocycles. The maximum absolute atomic E-state index is 15.0. The number of alkyl halides is 3. The van der Waals surface area contributed by atoms with E-state index in [1.807, 2.05) is 24.9 Å². The lowest BCUT2D eigenvalue weighted by atomic mass is 9.74. The van der Waals surface area contributed by atoms with Crippen molar-refractivity contribution in [1.82, 2.24) is 19.9 Å². The lowest BCUT2D eigenvalue weighted by molar-refractivity contribution is -0.192. The van der Waals surface area contributed by atoms with Gasteiger partial charge in [0.05, 0.1) is 28.8 Å². The zero-order valence-electron chi connectivity index (χ0n) is 22.3. The fourth-order valence-corrected chi connectivity index (χ4v) is 5.85. The number of benzene rings is 1. The topological polar surface area (TPSA) is 110 Å². The van der Waals surface area contributed by atoms with Crippen LogP contribution in [0.4, 0.5) is 38.5 Å². The van der Waals surface area contributed by atoms with Gasteiger partial charge in [0.1, 0.15) is 22.5 Å². The number of anilines is 3. The molecular weight excluding hydrogens is 581 g/mol. The highest BCUT2D eigenvalue weighted by molar-refractivity contribution is 7.16. The molecule has 2 aliphatic heterocycles. The summed E-state index contributed by atoms with van der Waals surface area (Å²) in [5.41, 5.74) is 4.47. The van der Waals surface area contributed by atoms with Crippen LogP contribution >= 0.6 is 11.3 Å². The van der Waals surface area contributed by atoms with Crippen LogP contribution in [0.5, 0.6) is 0 Å². The van der Waals surface area contributed by atoms with Crippen LogP contribution in [0, 0.1) is 28.4 Å². The second-order valence-corrected chi connectivity index (χ2v) is 11.1. The van der Waals surface area contributed by atoms with E-state index < -0.39 is 12.1 Å². The first-order chi connectivity index (χ1) is 19.9. The number of hydrogen-bond acceptors (Lipinski definition) is 8. The lowest BCUT2D eigenvalue weighted by Crippen LogP contribution is -2.71. The number of fused-ring (bicyclic) bond motifs is 1. The van der Waals surface area contributed by atoms with Gasteiger partial charge in [0, 0.05) is 44.2 Å². The average molecular weight is 606 g/mol. The zero-order valence-corrected chi connectivity index (χ0v) is 23.2. The summed E-state index contributed by atoms with van der Waals surface area (Å²) in [6.45, 7) is 5.65. The number of rotatable bonds is 5. The molecule has 0 bridgehead atoms. The Morgan fingerprint density at radius 2 is 1.88 bits per heavy atom. The van der Waals surface area contributed by atoms with Gasteiger partial charge in [-0.3, -0.25) is 0 Å². The number of carbonyl (C=O) groups is 1. The van der Waals surface area contributed by atoms with Gasteiger partial charge in [-0.1, -0.05) is 18.3 Å². The first-order valence-electron chi connectivity index (χ1n) is 12.7. The predicted octanol–water partition coefficient (Wildman–Crippen LogP) is 4.98. The molecule has 0 aliphatic carbocycles. The highest BCUT2D eigenvalue weighted by Gasteiger charge is 2.48. The molecular formula is C27H24F5N7O2S. The molecule has 0 radical (unpaired) electrons. The SMILES string of the molecule is CCc1nn2cc(F)c(N3CC4(CNC4)C3)cc2c1N(C)c1nc(-c2ccc(F)cc2)c(C#N)s1.O=C(O)C(F)(F)F. The van der Waals surface area contributed by atoms with Crippen molar-refractivity contribution in [2.75, 3.05) is 43.0 Å². The zero-order chi connectivity index (χ0) is 30.4. The summed E-state index contributed by atoms with van der Waals surface area (Å²) in [7, 11) is 1.88. The fraction of sp³-hybridized carbons (Fsp3) is 0.333. The summed E-state index contributed by atoms with van der Waals surface area (Å²) in [6, 6.07) is 10.0. The molecule has 9 nitrogen and oxygen atoms in total. The minimum absolute atomic E-state index is 0.276. The number of carboxylic acid groups (broad SMARTS) is 1. The molecule has 6 rings (SSSR count). The van der Waals surface area contributed by atoms with Crippen LogP contribution in [-0.2, 0) is 11.2 Å². The third-order valence-corrected chi connectivity index (χ3v) is 8.21. The molecule has 0 unspecified atom stereocenters. The van der Waals surface area contributed by atoms with Crippen molar-refractivity contribution >= 4 is 39.3 Å². The minimum atomic E-state index is -5.08. The van der Waals surface area contributed by atoms with Crippen molar-refractivity contribution in [1.29, 1.82) is 5.26 Å². The summed E-state index contributed by atoms with van der Waals surface area (Å²) < 4.78 is 61.8. The molecule has 1 spiro atoms. The Hall–Kier alpha value is -4.29. The molecule has 1 aromatic carbocycles. The summed E-state index contributed by atoms with van der Waals surface area (Å²) in [5, 5.41) is 25.4. The second-order valence-electron chi connectivity index (χ2n) is 10.1. The van der Waals surface area contributed by atoms with Crippen molar-refractivity contribution in [2.45, 2.75) is 19.5 Å². The molecule has 42 heavy (non-hydrogen) atoms. The number of halogens is 5. The quantitative estimate of drug-likeness (QED) is 0.307. The number of nitrogens with zero attached hydrogens (tertiary/aromatic N) is 6. The van der Waals surface area contributed by atoms with E-state index in [2.05, 4.69) is 21.4 Å². The van der Waals surface area contributed by atoms with Crippen LogP contribution in [-0.4, -0.2) is 65.1 Å². The molecule has 15 heteroatoms. The maximum atomic E-state index is 15.0. The van der Waals surface area contributed by atoms with Gasteiger partial charge in [0.15, 0.2) is 10.9 Å². The monoisotopic (exact) mass is 605 g/mol. The molecule has 0 atom stereocenters. The molecule has 2 aliphatic rings. The Bertz CT molecular complexity index is 1680.